The average molecular weight is 400 g/mol. The molecule has 0 aromatic heterocycles. The van der Waals surface area contributed by atoms with E-state index < -0.39 is 0 Å². The summed E-state index contributed by atoms with van der Waals surface area (Å²) >= 11 is 0. The fraction of sp³-hybridized carbons (Fsp3) is 0.120. The summed E-state index contributed by atoms with van der Waals surface area (Å²) in [5.41, 5.74) is 2.99. The third kappa shape index (κ3) is 3.96. The van der Waals surface area contributed by atoms with E-state index in [1.165, 1.54) is 0 Å². The highest BCUT2D eigenvalue weighted by Gasteiger charge is 2.28. The number of hydrogen-bond acceptors (Lipinski definition) is 5. The summed E-state index contributed by atoms with van der Waals surface area (Å²) in [6.45, 7) is 1.86. The summed E-state index contributed by atoms with van der Waals surface area (Å²) in [5.74, 6) is 1.51. The van der Waals surface area contributed by atoms with Crippen LogP contribution in [0.5, 0.6) is 17.2 Å². The number of hydrogen-bond donors (Lipinski definition) is 0. The zero-order valence-corrected chi connectivity index (χ0v) is 16.7. The molecular weight excluding hydrogens is 380 g/mol. The molecule has 0 bridgehead atoms. The molecule has 30 heavy (non-hydrogen) atoms. The second-order valence-corrected chi connectivity index (χ2v) is 6.89. The summed E-state index contributed by atoms with van der Waals surface area (Å²) in [7, 11) is 1.57. The van der Waals surface area contributed by atoms with Crippen LogP contribution in [0.15, 0.2) is 72.5 Å². The van der Waals surface area contributed by atoms with Crippen LogP contribution in [0.25, 0.3) is 6.08 Å². The number of benzene rings is 3. The normalized spacial score (nSPS) is 13.7. The van der Waals surface area contributed by atoms with Crippen LogP contribution < -0.4 is 14.2 Å². The van der Waals surface area contributed by atoms with E-state index in [1.54, 1.807) is 55.7 Å². The summed E-state index contributed by atoms with van der Waals surface area (Å²) in [5, 5.41) is 0. The molecule has 0 atom stereocenters. The molecule has 5 nitrogen and oxygen atoms in total. The number of Topliss-reactive ketones (excluding diaryl/α,β-unsaturated/α-hetero) is 2. The molecule has 0 N–H and O–H groups in total. The van der Waals surface area contributed by atoms with E-state index in [2.05, 4.69) is 0 Å². The van der Waals surface area contributed by atoms with E-state index in [1.807, 2.05) is 31.2 Å². The summed E-state index contributed by atoms with van der Waals surface area (Å²) in [6, 6.07) is 19.6. The topological polar surface area (TPSA) is 61.8 Å². The molecule has 0 amide bonds. The number of ketones is 2. The van der Waals surface area contributed by atoms with Crippen molar-refractivity contribution in [2.75, 3.05) is 13.7 Å². The van der Waals surface area contributed by atoms with Crippen LogP contribution >= 0.6 is 0 Å². The van der Waals surface area contributed by atoms with E-state index in [0.717, 1.165) is 11.1 Å². The number of methoxy groups -OCH3 is 1. The maximum Gasteiger partial charge on any atom is 0.231 e. The first-order valence-corrected chi connectivity index (χ1v) is 9.49. The number of allylic oxidation sites excluding steroid dienone is 1. The molecule has 3 aromatic rings. The molecule has 1 heterocycles. The van der Waals surface area contributed by atoms with Crippen LogP contribution in [-0.4, -0.2) is 25.3 Å². The van der Waals surface area contributed by atoms with Gasteiger partial charge in [-0.3, -0.25) is 9.59 Å². The molecule has 4 rings (SSSR count). The van der Waals surface area contributed by atoms with Gasteiger partial charge in [-0.25, -0.2) is 0 Å². The lowest BCUT2D eigenvalue weighted by atomic mass is 10.1. The van der Waals surface area contributed by atoms with Gasteiger partial charge in [0.25, 0.3) is 0 Å². The Hall–Kier alpha value is -3.86. The van der Waals surface area contributed by atoms with E-state index in [-0.39, 0.29) is 23.9 Å². The third-order valence-electron chi connectivity index (χ3n) is 4.90. The van der Waals surface area contributed by atoms with Crippen molar-refractivity contribution in [1.82, 2.24) is 0 Å². The summed E-state index contributed by atoms with van der Waals surface area (Å²) < 4.78 is 16.5. The number of carbonyl (C=O) groups excluding carboxylic acids is 2. The Bertz CT molecular complexity index is 1140. The van der Waals surface area contributed by atoms with Crippen molar-refractivity contribution in [2.45, 2.75) is 6.92 Å². The first-order valence-electron chi connectivity index (χ1n) is 9.49. The van der Waals surface area contributed by atoms with Crippen LogP contribution in [0.2, 0.25) is 0 Å². The Kier molecular flexibility index (Phi) is 5.35. The van der Waals surface area contributed by atoms with E-state index >= 15 is 0 Å². The fourth-order valence-corrected chi connectivity index (χ4v) is 3.16. The summed E-state index contributed by atoms with van der Waals surface area (Å²) in [4.78, 5) is 25.0. The maximum atomic E-state index is 12.6. The van der Waals surface area contributed by atoms with E-state index in [9.17, 15) is 9.59 Å². The smallest absolute Gasteiger partial charge is 0.231 e. The Morgan fingerprint density at radius 1 is 1.00 bits per heavy atom. The Morgan fingerprint density at radius 2 is 1.73 bits per heavy atom. The lowest BCUT2D eigenvalue weighted by Crippen LogP contribution is -2.11. The highest BCUT2D eigenvalue weighted by Crippen LogP contribution is 2.35. The number of aryl methyl sites for hydroxylation is 1. The van der Waals surface area contributed by atoms with E-state index in [0.29, 0.717) is 28.4 Å². The molecule has 0 fully saturated rings. The second-order valence-electron chi connectivity index (χ2n) is 6.89. The molecule has 150 valence electrons. The molecule has 3 aromatic carbocycles. The summed E-state index contributed by atoms with van der Waals surface area (Å²) in [6.07, 6.45) is 1.74. The van der Waals surface area contributed by atoms with Gasteiger partial charge in [-0.05, 0) is 60.5 Å². The number of carbonyl (C=O) groups is 2. The largest absolute Gasteiger partial charge is 0.497 e. The van der Waals surface area contributed by atoms with Crippen molar-refractivity contribution in [1.29, 1.82) is 0 Å². The molecule has 0 unspecified atom stereocenters. The van der Waals surface area contributed by atoms with Crippen LogP contribution in [0.1, 0.15) is 31.8 Å². The minimum absolute atomic E-state index is 0.120. The van der Waals surface area contributed by atoms with Gasteiger partial charge in [-0.2, -0.15) is 0 Å². The van der Waals surface area contributed by atoms with E-state index in [4.69, 9.17) is 14.2 Å². The predicted molar refractivity (Wildman–Crippen MR) is 113 cm³/mol. The van der Waals surface area contributed by atoms with Crippen LogP contribution in [0, 0.1) is 6.92 Å². The molecule has 0 spiro atoms. The predicted octanol–water partition coefficient (Wildman–Crippen LogP) is 4.88. The van der Waals surface area contributed by atoms with Gasteiger partial charge in [0.1, 0.15) is 17.2 Å². The lowest BCUT2D eigenvalue weighted by Gasteiger charge is -2.07. The fourth-order valence-electron chi connectivity index (χ4n) is 3.16. The maximum absolute atomic E-state index is 12.6. The minimum Gasteiger partial charge on any atom is -0.497 e. The first kappa shape index (κ1) is 19.5. The zero-order valence-electron chi connectivity index (χ0n) is 16.7. The lowest BCUT2D eigenvalue weighted by molar-refractivity contribution is 0.0920. The van der Waals surface area contributed by atoms with Crippen LogP contribution in [-0.2, 0) is 0 Å². The quantitative estimate of drug-likeness (QED) is 0.436. The molecule has 0 saturated carbocycles. The Balaban J connectivity index is 1.46. The average Bonchev–Trinajstić information content (AvgIpc) is 3.08. The van der Waals surface area contributed by atoms with Crippen molar-refractivity contribution in [3.8, 4) is 17.2 Å². The monoisotopic (exact) mass is 400 g/mol. The molecule has 0 aliphatic carbocycles. The first-order chi connectivity index (χ1) is 14.5. The van der Waals surface area contributed by atoms with Crippen molar-refractivity contribution >= 4 is 17.6 Å². The van der Waals surface area contributed by atoms with Crippen LogP contribution in [0.3, 0.4) is 0 Å². The number of fused-ring (bicyclic) bond motifs is 1. The third-order valence-corrected chi connectivity index (χ3v) is 4.90. The van der Waals surface area contributed by atoms with Crippen molar-refractivity contribution in [3.05, 3.63) is 94.7 Å². The van der Waals surface area contributed by atoms with Crippen molar-refractivity contribution in [3.63, 3.8) is 0 Å². The molecular formula is C25H20O5. The minimum atomic E-state index is -0.172. The van der Waals surface area contributed by atoms with Gasteiger partial charge in [0, 0.05) is 11.6 Å². The molecule has 1 aliphatic rings. The second kappa shape index (κ2) is 8.25. The Morgan fingerprint density at radius 3 is 2.47 bits per heavy atom. The number of ether oxygens (including phenoxy) is 3. The standard InChI is InChI=1S/C25H20O5/c1-16-5-3-4-6-18(16)13-24-25(27)21-12-11-20(14-23(21)30-24)29-15-22(26)17-7-9-19(28-2)10-8-17/h3-14H,15H2,1-2H3/b24-13+. The van der Waals surface area contributed by atoms with Gasteiger partial charge in [-0.15, -0.1) is 0 Å². The van der Waals surface area contributed by atoms with Gasteiger partial charge in [0.15, 0.2) is 18.1 Å². The molecule has 0 saturated heterocycles. The van der Waals surface area contributed by atoms with Crippen molar-refractivity contribution < 1.29 is 23.8 Å². The molecule has 5 heteroatoms. The highest BCUT2D eigenvalue weighted by molar-refractivity contribution is 6.14. The van der Waals surface area contributed by atoms with Gasteiger partial charge in [0.05, 0.1) is 12.7 Å². The SMILES string of the molecule is COc1ccc(C(=O)COc2ccc3c(c2)O/C(=C/c2ccccc2C)C3=O)cc1. The Labute approximate surface area is 174 Å². The highest BCUT2D eigenvalue weighted by atomic mass is 16.5. The van der Waals surface area contributed by atoms with Crippen molar-refractivity contribution in [2.24, 2.45) is 0 Å². The van der Waals surface area contributed by atoms with Gasteiger partial charge >= 0.3 is 0 Å². The zero-order chi connectivity index (χ0) is 21.1. The number of rotatable bonds is 6. The van der Waals surface area contributed by atoms with Gasteiger partial charge in [-0.1, -0.05) is 24.3 Å². The molecule has 1 aliphatic heterocycles. The molecule has 0 radical (unpaired) electrons. The van der Waals surface area contributed by atoms with Crippen LogP contribution in [0.4, 0.5) is 0 Å². The van der Waals surface area contributed by atoms with Gasteiger partial charge < -0.3 is 14.2 Å². The van der Waals surface area contributed by atoms with Gasteiger partial charge in [0.2, 0.25) is 5.78 Å².